The molecular formula is C23H19FN4O2S3. The van der Waals surface area contributed by atoms with Crippen molar-refractivity contribution in [2.75, 3.05) is 18.8 Å². The predicted molar refractivity (Wildman–Crippen MR) is 131 cm³/mol. The summed E-state index contributed by atoms with van der Waals surface area (Å²) < 4.78 is 14.2. The van der Waals surface area contributed by atoms with Crippen molar-refractivity contribution in [2.45, 2.75) is 12.3 Å². The summed E-state index contributed by atoms with van der Waals surface area (Å²) in [5, 5.41) is 3.56. The van der Waals surface area contributed by atoms with Crippen molar-refractivity contribution < 1.29 is 14.0 Å². The van der Waals surface area contributed by atoms with Gasteiger partial charge in [0.25, 0.3) is 11.8 Å². The lowest BCUT2D eigenvalue weighted by Crippen LogP contribution is -2.42. The molecule has 1 atom stereocenters. The number of aryl methyl sites for hydroxylation is 1. The zero-order chi connectivity index (χ0) is 22.9. The third-order valence-electron chi connectivity index (χ3n) is 5.33. The fourth-order valence-corrected chi connectivity index (χ4v) is 6.64. The normalized spacial score (nSPS) is 15.8. The highest BCUT2D eigenvalue weighted by Crippen LogP contribution is 2.33. The van der Waals surface area contributed by atoms with Gasteiger partial charge in [0.05, 0.1) is 36.5 Å². The zero-order valence-electron chi connectivity index (χ0n) is 17.6. The molecule has 0 radical (unpaired) electrons. The molecule has 33 heavy (non-hydrogen) atoms. The van der Waals surface area contributed by atoms with E-state index in [0.29, 0.717) is 24.3 Å². The van der Waals surface area contributed by atoms with Gasteiger partial charge in [-0.1, -0.05) is 18.2 Å². The van der Waals surface area contributed by atoms with Crippen LogP contribution in [0, 0.1) is 12.7 Å². The van der Waals surface area contributed by atoms with Crippen LogP contribution >= 0.6 is 34.4 Å². The molecule has 1 saturated heterocycles. The van der Waals surface area contributed by atoms with Gasteiger partial charge < -0.3 is 10.2 Å². The van der Waals surface area contributed by atoms with Crippen LogP contribution in [0.2, 0.25) is 0 Å². The Morgan fingerprint density at radius 1 is 1.21 bits per heavy atom. The van der Waals surface area contributed by atoms with Crippen molar-refractivity contribution in [1.29, 1.82) is 0 Å². The minimum atomic E-state index is -0.325. The monoisotopic (exact) mass is 498 g/mol. The molecule has 0 saturated carbocycles. The summed E-state index contributed by atoms with van der Waals surface area (Å²) in [5.41, 5.74) is 4.25. The van der Waals surface area contributed by atoms with Crippen LogP contribution < -0.4 is 5.32 Å². The Morgan fingerprint density at radius 2 is 2.03 bits per heavy atom. The third kappa shape index (κ3) is 4.38. The van der Waals surface area contributed by atoms with Crippen LogP contribution in [0.5, 0.6) is 0 Å². The van der Waals surface area contributed by atoms with Crippen molar-refractivity contribution in [1.82, 2.24) is 20.2 Å². The summed E-state index contributed by atoms with van der Waals surface area (Å²) in [4.78, 5) is 37.5. The smallest absolute Gasteiger partial charge is 0.274 e. The molecule has 2 aromatic carbocycles. The maximum absolute atomic E-state index is 13.4. The number of carbonyl (C=O) groups is 2. The molecule has 0 aliphatic carbocycles. The molecule has 3 heterocycles. The van der Waals surface area contributed by atoms with E-state index in [9.17, 15) is 14.0 Å². The Bertz CT molecular complexity index is 1340. The number of amides is 2. The van der Waals surface area contributed by atoms with Crippen molar-refractivity contribution in [3.05, 3.63) is 70.1 Å². The second kappa shape index (κ2) is 9.20. The molecule has 0 bridgehead atoms. The number of aromatic nitrogens is 2. The van der Waals surface area contributed by atoms with Crippen LogP contribution in [-0.2, 0) is 0 Å². The molecule has 2 aromatic heterocycles. The van der Waals surface area contributed by atoms with Crippen LogP contribution in [0.3, 0.4) is 0 Å². The summed E-state index contributed by atoms with van der Waals surface area (Å²) in [6.45, 7) is 2.76. The molecule has 168 valence electrons. The van der Waals surface area contributed by atoms with Crippen LogP contribution in [0.25, 0.3) is 20.7 Å². The molecule has 1 N–H and O–H groups in total. The van der Waals surface area contributed by atoms with Crippen LogP contribution in [0.1, 0.15) is 25.9 Å². The number of nitrogens with zero attached hydrogens (tertiary/aromatic N) is 3. The van der Waals surface area contributed by atoms with Crippen LogP contribution in [0.4, 0.5) is 4.39 Å². The SMILES string of the molecule is Cc1nc(C(=O)N2CCSC2CNC(=O)c2cccc3ncsc23)c(-c2ccc(F)cc2)s1. The Hall–Kier alpha value is -2.82. The molecule has 2 amide bonds. The average molecular weight is 499 g/mol. The molecule has 5 rings (SSSR count). The quantitative estimate of drug-likeness (QED) is 0.427. The lowest BCUT2D eigenvalue weighted by atomic mass is 10.1. The zero-order valence-corrected chi connectivity index (χ0v) is 20.0. The van der Waals surface area contributed by atoms with E-state index < -0.39 is 0 Å². The van der Waals surface area contributed by atoms with E-state index in [0.717, 1.165) is 31.4 Å². The highest BCUT2D eigenvalue weighted by molar-refractivity contribution is 8.00. The summed E-state index contributed by atoms with van der Waals surface area (Å²) >= 11 is 4.48. The van der Waals surface area contributed by atoms with Gasteiger partial charge in [-0.05, 0) is 36.8 Å². The van der Waals surface area contributed by atoms with Gasteiger partial charge in [0.2, 0.25) is 0 Å². The molecule has 6 nitrogen and oxygen atoms in total. The average Bonchev–Trinajstić information content (AvgIpc) is 3.56. The number of halogens is 1. The Morgan fingerprint density at radius 3 is 2.85 bits per heavy atom. The first-order valence-electron chi connectivity index (χ1n) is 10.3. The molecule has 1 fully saturated rings. The number of hydrogen-bond donors (Lipinski definition) is 1. The maximum atomic E-state index is 13.4. The van der Waals surface area contributed by atoms with Gasteiger partial charge in [0.1, 0.15) is 11.5 Å². The number of hydrogen-bond acceptors (Lipinski definition) is 7. The van der Waals surface area contributed by atoms with Crippen molar-refractivity contribution in [3.63, 3.8) is 0 Å². The molecule has 4 aromatic rings. The number of carbonyl (C=O) groups excluding carboxylic acids is 2. The highest BCUT2D eigenvalue weighted by Gasteiger charge is 2.33. The summed E-state index contributed by atoms with van der Waals surface area (Å²) in [6, 6.07) is 11.6. The minimum absolute atomic E-state index is 0.174. The second-order valence-electron chi connectivity index (χ2n) is 7.46. The first-order chi connectivity index (χ1) is 16.0. The van der Waals surface area contributed by atoms with E-state index in [1.807, 2.05) is 19.1 Å². The number of benzene rings is 2. The molecule has 1 unspecified atom stereocenters. The number of thioether (sulfide) groups is 1. The first-order valence-corrected chi connectivity index (χ1v) is 13.0. The third-order valence-corrected chi connectivity index (χ3v) is 8.45. The highest BCUT2D eigenvalue weighted by atomic mass is 32.2. The predicted octanol–water partition coefficient (Wildman–Crippen LogP) is 4.81. The Kier molecular flexibility index (Phi) is 6.13. The topological polar surface area (TPSA) is 75.2 Å². The van der Waals surface area contributed by atoms with Gasteiger partial charge in [-0.2, -0.15) is 0 Å². The minimum Gasteiger partial charge on any atom is -0.349 e. The van der Waals surface area contributed by atoms with E-state index in [-0.39, 0.29) is 23.0 Å². The molecule has 0 spiro atoms. The molecule has 1 aliphatic rings. The lowest BCUT2D eigenvalue weighted by molar-refractivity contribution is 0.0747. The van der Waals surface area contributed by atoms with Crippen molar-refractivity contribution >= 4 is 56.5 Å². The van der Waals surface area contributed by atoms with Gasteiger partial charge in [-0.15, -0.1) is 34.4 Å². The van der Waals surface area contributed by atoms with E-state index in [1.54, 1.807) is 40.4 Å². The number of nitrogens with one attached hydrogen (secondary N) is 1. The molecule has 10 heteroatoms. The van der Waals surface area contributed by atoms with Gasteiger partial charge in [-0.25, -0.2) is 14.4 Å². The van der Waals surface area contributed by atoms with E-state index in [4.69, 9.17) is 0 Å². The first kappa shape index (κ1) is 22.0. The number of rotatable bonds is 5. The van der Waals surface area contributed by atoms with Crippen molar-refractivity contribution in [2.24, 2.45) is 0 Å². The molecule has 1 aliphatic heterocycles. The van der Waals surface area contributed by atoms with E-state index >= 15 is 0 Å². The largest absolute Gasteiger partial charge is 0.349 e. The van der Waals surface area contributed by atoms with E-state index in [1.165, 1.54) is 34.8 Å². The maximum Gasteiger partial charge on any atom is 0.274 e. The van der Waals surface area contributed by atoms with Gasteiger partial charge in [0, 0.05) is 18.8 Å². The fraction of sp³-hybridized carbons (Fsp3) is 0.217. The summed E-state index contributed by atoms with van der Waals surface area (Å²) in [5.74, 6) is 0.105. The number of fused-ring (bicyclic) bond motifs is 1. The van der Waals surface area contributed by atoms with E-state index in [2.05, 4.69) is 15.3 Å². The van der Waals surface area contributed by atoms with Gasteiger partial charge in [0.15, 0.2) is 0 Å². The fourth-order valence-electron chi connectivity index (χ4n) is 3.77. The Balaban J connectivity index is 1.33. The number of thiazole rings is 2. The standard InChI is InChI=1S/C23H19FN4O2S3/c1-13-27-19(20(33-13)14-5-7-15(24)8-6-14)23(30)28-9-10-31-18(28)11-25-22(29)16-3-2-4-17-21(16)32-12-26-17/h2-8,12,18H,9-11H2,1H3,(H,25,29). The van der Waals surface area contributed by atoms with Gasteiger partial charge in [-0.3, -0.25) is 9.59 Å². The Labute approximate surface area is 201 Å². The molecular weight excluding hydrogens is 479 g/mol. The van der Waals surface area contributed by atoms with Crippen molar-refractivity contribution in [3.8, 4) is 10.4 Å². The summed E-state index contributed by atoms with van der Waals surface area (Å²) in [6.07, 6.45) is 0. The van der Waals surface area contributed by atoms with Crippen LogP contribution in [0.15, 0.2) is 48.0 Å². The summed E-state index contributed by atoms with van der Waals surface area (Å²) in [7, 11) is 0. The lowest BCUT2D eigenvalue weighted by Gasteiger charge is -2.24. The van der Waals surface area contributed by atoms with Crippen LogP contribution in [-0.4, -0.2) is 50.9 Å². The second-order valence-corrected chi connectivity index (χ2v) is 10.8. The van der Waals surface area contributed by atoms with Gasteiger partial charge >= 0.3 is 0 Å².